The van der Waals surface area contributed by atoms with Gasteiger partial charge in [0.25, 0.3) is 0 Å². The fourth-order valence-corrected chi connectivity index (χ4v) is 3.46. The van der Waals surface area contributed by atoms with E-state index in [4.69, 9.17) is 4.74 Å². The standard InChI is InChI=1S/C24H21FN2O3/c25-20-12-7-13-21(30-19-10-5-2-6-11-19)23(20)26-24(29)18-14-22(28)27(16-18)15-17-8-3-1-4-9-17/h1-13,18H,14-16H2,(H,26,29). The summed E-state index contributed by atoms with van der Waals surface area (Å²) in [6.45, 7) is 0.744. The van der Waals surface area contributed by atoms with E-state index in [-0.39, 0.29) is 23.8 Å². The normalized spacial score (nSPS) is 15.8. The molecule has 1 unspecified atom stereocenters. The predicted molar refractivity (Wildman–Crippen MR) is 112 cm³/mol. The van der Waals surface area contributed by atoms with Crippen LogP contribution in [0.15, 0.2) is 78.9 Å². The predicted octanol–water partition coefficient (Wildman–Crippen LogP) is 4.61. The van der Waals surface area contributed by atoms with E-state index in [1.54, 1.807) is 35.2 Å². The number of hydrogen-bond donors (Lipinski definition) is 1. The summed E-state index contributed by atoms with van der Waals surface area (Å²) < 4.78 is 20.2. The molecule has 6 heteroatoms. The van der Waals surface area contributed by atoms with E-state index in [0.29, 0.717) is 18.8 Å². The molecule has 1 N–H and O–H groups in total. The SMILES string of the molecule is O=C(Nc1c(F)cccc1Oc1ccccc1)C1CC(=O)N(Cc2ccccc2)C1. The number of benzene rings is 3. The van der Waals surface area contributed by atoms with Crippen LogP contribution in [0.2, 0.25) is 0 Å². The lowest BCUT2D eigenvalue weighted by molar-refractivity contribution is -0.128. The Morgan fingerprint density at radius 3 is 2.43 bits per heavy atom. The molecule has 1 saturated heterocycles. The molecule has 0 spiro atoms. The molecule has 3 aromatic rings. The third-order valence-corrected chi connectivity index (χ3v) is 5.00. The van der Waals surface area contributed by atoms with Crippen LogP contribution in [0.4, 0.5) is 10.1 Å². The monoisotopic (exact) mass is 404 g/mol. The Kier molecular flexibility index (Phi) is 5.75. The summed E-state index contributed by atoms with van der Waals surface area (Å²) in [5.74, 6) is -0.897. The van der Waals surface area contributed by atoms with Gasteiger partial charge in [-0.3, -0.25) is 9.59 Å². The molecular weight excluding hydrogens is 383 g/mol. The number of nitrogens with one attached hydrogen (secondary N) is 1. The highest BCUT2D eigenvalue weighted by atomic mass is 19.1. The van der Waals surface area contributed by atoms with Crippen molar-refractivity contribution < 1.29 is 18.7 Å². The van der Waals surface area contributed by atoms with Crippen molar-refractivity contribution in [3.8, 4) is 11.5 Å². The number of ether oxygens (including phenoxy) is 1. The Morgan fingerprint density at radius 2 is 1.70 bits per heavy atom. The maximum Gasteiger partial charge on any atom is 0.229 e. The molecule has 2 amide bonds. The average molecular weight is 404 g/mol. The zero-order valence-corrected chi connectivity index (χ0v) is 16.3. The average Bonchev–Trinajstić information content (AvgIpc) is 3.12. The fourth-order valence-electron chi connectivity index (χ4n) is 3.46. The molecular formula is C24H21FN2O3. The molecule has 0 aromatic heterocycles. The van der Waals surface area contributed by atoms with Crippen molar-refractivity contribution in [3.63, 3.8) is 0 Å². The van der Waals surface area contributed by atoms with Gasteiger partial charge in [0.05, 0.1) is 5.92 Å². The fraction of sp³-hybridized carbons (Fsp3) is 0.167. The summed E-state index contributed by atoms with van der Waals surface area (Å²) in [5, 5.41) is 2.63. The molecule has 0 radical (unpaired) electrons. The molecule has 0 aliphatic carbocycles. The lowest BCUT2D eigenvalue weighted by Crippen LogP contribution is -2.28. The van der Waals surface area contributed by atoms with Crippen LogP contribution in [0.1, 0.15) is 12.0 Å². The summed E-state index contributed by atoms with van der Waals surface area (Å²) in [7, 11) is 0. The molecule has 0 saturated carbocycles. The van der Waals surface area contributed by atoms with Crippen LogP contribution < -0.4 is 10.1 Å². The van der Waals surface area contributed by atoms with Gasteiger partial charge in [-0.15, -0.1) is 0 Å². The van der Waals surface area contributed by atoms with E-state index in [9.17, 15) is 14.0 Å². The molecule has 1 atom stereocenters. The second-order valence-corrected chi connectivity index (χ2v) is 7.18. The quantitative estimate of drug-likeness (QED) is 0.653. The molecule has 3 aromatic carbocycles. The largest absolute Gasteiger partial charge is 0.455 e. The number of amides is 2. The molecule has 0 bridgehead atoms. The first-order valence-corrected chi connectivity index (χ1v) is 9.74. The van der Waals surface area contributed by atoms with Crippen LogP contribution in [-0.4, -0.2) is 23.3 Å². The van der Waals surface area contributed by atoms with Crippen molar-refractivity contribution >= 4 is 17.5 Å². The van der Waals surface area contributed by atoms with Crippen LogP contribution in [0.5, 0.6) is 11.5 Å². The molecule has 152 valence electrons. The third-order valence-electron chi connectivity index (χ3n) is 5.00. The number of para-hydroxylation sites is 2. The first-order chi connectivity index (χ1) is 14.6. The number of rotatable bonds is 6. The van der Waals surface area contributed by atoms with E-state index in [2.05, 4.69) is 5.32 Å². The second-order valence-electron chi connectivity index (χ2n) is 7.18. The molecule has 1 heterocycles. The van der Waals surface area contributed by atoms with Gasteiger partial charge in [-0.05, 0) is 29.8 Å². The highest BCUT2D eigenvalue weighted by Gasteiger charge is 2.34. The number of likely N-dealkylation sites (tertiary alicyclic amines) is 1. The Balaban J connectivity index is 1.46. The maximum absolute atomic E-state index is 14.5. The van der Waals surface area contributed by atoms with Gasteiger partial charge in [0.15, 0.2) is 11.6 Å². The molecule has 1 aliphatic rings. The first kappa shape index (κ1) is 19.6. The summed E-state index contributed by atoms with van der Waals surface area (Å²) in [6.07, 6.45) is 0.0992. The summed E-state index contributed by atoms with van der Waals surface area (Å²) in [6, 6.07) is 22.9. The van der Waals surface area contributed by atoms with Gasteiger partial charge >= 0.3 is 0 Å². The molecule has 5 nitrogen and oxygen atoms in total. The topological polar surface area (TPSA) is 58.6 Å². The van der Waals surface area contributed by atoms with Crippen LogP contribution in [0.25, 0.3) is 0 Å². The Morgan fingerprint density at radius 1 is 1.00 bits per heavy atom. The summed E-state index contributed by atoms with van der Waals surface area (Å²) in [4.78, 5) is 26.8. The van der Waals surface area contributed by atoms with Crippen molar-refractivity contribution in [2.45, 2.75) is 13.0 Å². The Bertz CT molecular complexity index is 1040. The van der Waals surface area contributed by atoms with Gasteiger partial charge in [-0.25, -0.2) is 4.39 Å². The number of anilines is 1. The molecule has 1 fully saturated rings. The minimum absolute atomic E-state index is 0.0275. The highest BCUT2D eigenvalue weighted by molar-refractivity contribution is 5.98. The summed E-state index contributed by atoms with van der Waals surface area (Å²) >= 11 is 0. The van der Waals surface area contributed by atoms with Crippen molar-refractivity contribution in [1.29, 1.82) is 0 Å². The molecule has 1 aliphatic heterocycles. The zero-order chi connectivity index (χ0) is 20.9. The van der Waals surface area contributed by atoms with E-state index in [0.717, 1.165) is 5.56 Å². The third kappa shape index (κ3) is 4.49. The van der Waals surface area contributed by atoms with Crippen molar-refractivity contribution in [2.24, 2.45) is 5.92 Å². The zero-order valence-electron chi connectivity index (χ0n) is 16.3. The van der Waals surface area contributed by atoms with E-state index < -0.39 is 17.6 Å². The lowest BCUT2D eigenvalue weighted by Gasteiger charge is -2.17. The van der Waals surface area contributed by atoms with Crippen LogP contribution >= 0.6 is 0 Å². The van der Waals surface area contributed by atoms with Crippen LogP contribution in [-0.2, 0) is 16.1 Å². The van der Waals surface area contributed by atoms with Crippen molar-refractivity contribution in [3.05, 3.63) is 90.2 Å². The van der Waals surface area contributed by atoms with Crippen molar-refractivity contribution in [2.75, 3.05) is 11.9 Å². The molecule has 30 heavy (non-hydrogen) atoms. The van der Waals surface area contributed by atoms with Crippen molar-refractivity contribution in [1.82, 2.24) is 4.90 Å². The van der Waals surface area contributed by atoms with Gasteiger partial charge in [0.2, 0.25) is 11.8 Å². The number of carbonyl (C=O) groups excluding carboxylic acids is 2. The number of carbonyl (C=O) groups is 2. The second kappa shape index (κ2) is 8.78. The summed E-state index contributed by atoms with van der Waals surface area (Å²) in [5.41, 5.74) is 0.972. The van der Waals surface area contributed by atoms with E-state index in [1.807, 2.05) is 36.4 Å². The first-order valence-electron chi connectivity index (χ1n) is 9.74. The van der Waals surface area contributed by atoms with Gasteiger partial charge in [-0.1, -0.05) is 54.6 Å². The van der Waals surface area contributed by atoms with Crippen LogP contribution in [0.3, 0.4) is 0 Å². The van der Waals surface area contributed by atoms with Gasteiger partial charge < -0.3 is 15.0 Å². The van der Waals surface area contributed by atoms with Gasteiger partial charge in [0, 0.05) is 19.5 Å². The maximum atomic E-state index is 14.5. The molecule has 4 rings (SSSR count). The number of hydrogen-bond acceptors (Lipinski definition) is 3. The Labute approximate surface area is 174 Å². The smallest absolute Gasteiger partial charge is 0.229 e. The minimum Gasteiger partial charge on any atom is -0.455 e. The van der Waals surface area contributed by atoms with E-state index >= 15 is 0 Å². The number of nitrogens with zero attached hydrogens (tertiary/aromatic N) is 1. The van der Waals surface area contributed by atoms with Gasteiger partial charge in [0.1, 0.15) is 11.4 Å². The lowest BCUT2D eigenvalue weighted by atomic mass is 10.1. The van der Waals surface area contributed by atoms with Crippen LogP contribution in [0, 0.1) is 11.7 Å². The van der Waals surface area contributed by atoms with E-state index in [1.165, 1.54) is 12.1 Å². The highest BCUT2D eigenvalue weighted by Crippen LogP contribution is 2.32. The minimum atomic E-state index is -0.595. The number of halogens is 1. The Hall–Kier alpha value is -3.67. The van der Waals surface area contributed by atoms with Gasteiger partial charge in [-0.2, -0.15) is 0 Å².